The van der Waals surface area contributed by atoms with Gasteiger partial charge in [-0.3, -0.25) is 0 Å². The van der Waals surface area contributed by atoms with Crippen molar-refractivity contribution in [3.63, 3.8) is 0 Å². The molecule has 0 aliphatic heterocycles. The maximum atomic E-state index is 6.84. The van der Waals surface area contributed by atoms with Crippen LogP contribution in [0.4, 0.5) is 0 Å². The number of hydrogen-bond donors (Lipinski definition) is 1. The minimum absolute atomic E-state index is 0.150. The average Bonchev–Trinajstić information content (AvgIpc) is 2.32. The number of hydrogen-bond acceptors (Lipinski definition) is 1. The first-order valence-electron chi connectivity index (χ1n) is 7.54. The lowest BCUT2D eigenvalue weighted by Crippen LogP contribution is -2.54. The first-order valence-corrected chi connectivity index (χ1v) is 8.30. The highest BCUT2D eigenvalue weighted by molar-refractivity contribution is 6.35. The lowest BCUT2D eigenvalue weighted by molar-refractivity contribution is 0.109. The molecule has 2 rings (SSSR count). The molecule has 3 atom stereocenters. The molecule has 1 fully saturated rings. The number of halogens is 2. The second-order valence-electron chi connectivity index (χ2n) is 6.88. The Bertz CT molecular complexity index is 472. The van der Waals surface area contributed by atoms with Crippen LogP contribution in [-0.2, 0) is 6.42 Å². The summed E-state index contributed by atoms with van der Waals surface area (Å²) in [4.78, 5) is 0. The maximum Gasteiger partial charge on any atom is 0.0453 e. The molecule has 20 heavy (non-hydrogen) atoms. The van der Waals surface area contributed by atoms with Gasteiger partial charge in [0, 0.05) is 15.6 Å². The van der Waals surface area contributed by atoms with Crippen LogP contribution in [0.15, 0.2) is 18.2 Å². The van der Waals surface area contributed by atoms with E-state index in [9.17, 15) is 0 Å². The molecule has 2 N–H and O–H groups in total. The smallest absolute Gasteiger partial charge is 0.0453 e. The standard InChI is InChI=1S/C17H25Cl2N/c1-11(2)15-7-4-12(3)9-17(15,20)10-13-5-6-14(18)8-16(13)19/h5-6,8,11-12,15H,4,7,9-10,20H2,1-3H3. The summed E-state index contributed by atoms with van der Waals surface area (Å²) >= 11 is 12.3. The Kier molecular flexibility index (Phi) is 5.05. The lowest BCUT2D eigenvalue weighted by atomic mass is 9.63. The van der Waals surface area contributed by atoms with Gasteiger partial charge >= 0.3 is 0 Å². The van der Waals surface area contributed by atoms with Crippen molar-refractivity contribution in [1.29, 1.82) is 0 Å². The van der Waals surface area contributed by atoms with Crippen molar-refractivity contribution in [3.05, 3.63) is 33.8 Å². The van der Waals surface area contributed by atoms with Gasteiger partial charge in [0.05, 0.1) is 0 Å². The lowest BCUT2D eigenvalue weighted by Gasteiger charge is -2.46. The van der Waals surface area contributed by atoms with E-state index in [2.05, 4.69) is 20.8 Å². The van der Waals surface area contributed by atoms with Gasteiger partial charge in [-0.2, -0.15) is 0 Å². The highest BCUT2D eigenvalue weighted by Crippen LogP contribution is 2.42. The molecule has 0 saturated heterocycles. The molecule has 1 aliphatic carbocycles. The Labute approximate surface area is 132 Å². The van der Waals surface area contributed by atoms with E-state index in [0.717, 1.165) is 23.4 Å². The van der Waals surface area contributed by atoms with Gasteiger partial charge in [0.15, 0.2) is 0 Å². The summed E-state index contributed by atoms with van der Waals surface area (Å²) in [7, 11) is 0. The van der Waals surface area contributed by atoms with Crippen LogP contribution in [0.1, 0.15) is 45.6 Å². The van der Waals surface area contributed by atoms with E-state index in [-0.39, 0.29) is 5.54 Å². The van der Waals surface area contributed by atoms with E-state index in [4.69, 9.17) is 28.9 Å². The van der Waals surface area contributed by atoms with E-state index in [1.54, 1.807) is 0 Å². The molecule has 1 aromatic carbocycles. The summed E-state index contributed by atoms with van der Waals surface area (Å²) in [5, 5.41) is 1.42. The van der Waals surface area contributed by atoms with Gasteiger partial charge in [0.1, 0.15) is 0 Å². The summed E-state index contributed by atoms with van der Waals surface area (Å²) in [6, 6.07) is 5.75. The van der Waals surface area contributed by atoms with E-state index in [1.807, 2.05) is 18.2 Å². The fourth-order valence-corrected chi connectivity index (χ4v) is 4.35. The van der Waals surface area contributed by atoms with Crippen molar-refractivity contribution in [2.75, 3.05) is 0 Å². The van der Waals surface area contributed by atoms with Crippen molar-refractivity contribution < 1.29 is 0 Å². The van der Waals surface area contributed by atoms with Crippen LogP contribution in [0.3, 0.4) is 0 Å². The van der Waals surface area contributed by atoms with Gasteiger partial charge in [0.2, 0.25) is 0 Å². The molecule has 1 saturated carbocycles. The molecule has 0 radical (unpaired) electrons. The Balaban J connectivity index is 2.26. The zero-order valence-corrected chi connectivity index (χ0v) is 14.1. The summed E-state index contributed by atoms with van der Waals surface area (Å²) in [5.74, 6) is 1.87. The first kappa shape index (κ1) is 16.1. The molecule has 3 unspecified atom stereocenters. The third-order valence-corrected chi connectivity index (χ3v) is 5.36. The predicted molar refractivity (Wildman–Crippen MR) is 88.4 cm³/mol. The van der Waals surface area contributed by atoms with Gasteiger partial charge in [-0.25, -0.2) is 0 Å². The molecule has 0 heterocycles. The zero-order valence-electron chi connectivity index (χ0n) is 12.6. The topological polar surface area (TPSA) is 26.0 Å². The minimum atomic E-state index is -0.150. The van der Waals surface area contributed by atoms with Crippen LogP contribution in [0.25, 0.3) is 0 Å². The zero-order chi connectivity index (χ0) is 14.9. The van der Waals surface area contributed by atoms with Crippen molar-refractivity contribution in [2.24, 2.45) is 23.5 Å². The highest BCUT2D eigenvalue weighted by atomic mass is 35.5. The Morgan fingerprint density at radius 2 is 2.00 bits per heavy atom. The molecule has 1 nitrogen and oxygen atoms in total. The molecule has 0 amide bonds. The first-order chi connectivity index (χ1) is 9.32. The van der Waals surface area contributed by atoms with E-state index in [0.29, 0.717) is 22.8 Å². The summed E-state index contributed by atoms with van der Waals surface area (Å²) in [6.07, 6.45) is 4.43. The van der Waals surface area contributed by atoms with Gasteiger partial charge < -0.3 is 5.73 Å². The van der Waals surface area contributed by atoms with Gasteiger partial charge in [0.25, 0.3) is 0 Å². The molecule has 112 valence electrons. The normalized spacial score (nSPS) is 30.8. The minimum Gasteiger partial charge on any atom is -0.325 e. The molecule has 3 heteroatoms. The molecule has 0 spiro atoms. The van der Waals surface area contributed by atoms with Crippen LogP contribution >= 0.6 is 23.2 Å². The van der Waals surface area contributed by atoms with Crippen molar-refractivity contribution in [2.45, 2.75) is 52.0 Å². The van der Waals surface area contributed by atoms with Crippen LogP contribution in [0.5, 0.6) is 0 Å². The van der Waals surface area contributed by atoms with Crippen LogP contribution in [0, 0.1) is 17.8 Å². The molecule has 0 aromatic heterocycles. The Morgan fingerprint density at radius 1 is 1.30 bits per heavy atom. The Morgan fingerprint density at radius 3 is 2.60 bits per heavy atom. The summed E-state index contributed by atoms with van der Waals surface area (Å²) in [6.45, 7) is 6.87. The predicted octanol–water partition coefficient (Wildman–Crippen LogP) is 5.33. The molecular weight excluding hydrogens is 289 g/mol. The fraction of sp³-hybridized carbons (Fsp3) is 0.647. The maximum absolute atomic E-state index is 6.84. The summed E-state index contributed by atoms with van der Waals surface area (Å²) in [5.41, 5.74) is 7.82. The second kappa shape index (κ2) is 6.25. The summed E-state index contributed by atoms with van der Waals surface area (Å²) < 4.78 is 0. The molecule has 1 aliphatic rings. The number of rotatable bonds is 3. The third-order valence-electron chi connectivity index (χ3n) is 4.78. The van der Waals surface area contributed by atoms with E-state index >= 15 is 0 Å². The van der Waals surface area contributed by atoms with Crippen molar-refractivity contribution >= 4 is 23.2 Å². The number of nitrogens with two attached hydrogens (primary N) is 1. The second-order valence-corrected chi connectivity index (χ2v) is 7.73. The van der Waals surface area contributed by atoms with Gasteiger partial charge in [-0.05, 0) is 54.7 Å². The fourth-order valence-electron chi connectivity index (χ4n) is 3.87. The van der Waals surface area contributed by atoms with Crippen LogP contribution < -0.4 is 5.73 Å². The number of benzene rings is 1. The SMILES string of the molecule is CC1CCC(C(C)C)C(N)(Cc2ccc(Cl)cc2Cl)C1. The molecular formula is C17H25Cl2N. The van der Waals surface area contributed by atoms with E-state index in [1.165, 1.54) is 12.8 Å². The van der Waals surface area contributed by atoms with E-state index < -0.39 is 0 Å². The van der Waals surface area contributed by atoms with Crippen LogP contribution in [0.2, 0.25) is 10.0 Å². The van der Waals surface area contributed by atoms with Gasteiger partial charge in [-0.1, -0.05) is 56.5 Å². The third kappa shape index (κ3) is 3.50. The van der Waals surface area contributed by atoms with Gasteiger partial charge in [-0.15, -0.1) is 0 Å². The van der Waals surface area contributed by atoms with Crippen LogP contribution in [-0.4, -0.2) is 5.54 Å². The Hall–Kier alpha value is -0.240. The monoisotopic (exact) mass is 313 g/mol. The largest absolute Gasteiger partial charge is 0.325 e. The molecule has 0 bridgehead atoms. The quantitative estimate of drug-likeness (QED) is 0.802. The van der Waals surface area contributed by atoms with Crippen molar-refractivity contribution in [3.8, 4) is 0 Å². The average molecular weight is 314 g/mol. The van der Waals surface area contributed by atoms with Crippen molar-refractivity contribution in [1.82, 2.24) is 0 Å². The molecule has 1 aromatic rings. The highest BCUT2D eigenvalue weighted by Gasteiger charge is 2.41.